The molecular weight excluding hydrogens is 372 g/mol. The summed E-state index contributed by atoms with van der Waals surface area (Å²) in [4.78, 5) is 24.4. The third-order valence-corrected chi connectivity index (χ3v) is 6.15. The van der Waals surface area contributed by atoms with Gasteiger partial charge in [-0.15, -0.1) is 6.58 Å². The molecule has 27 heavy (non-hydrogen) atoms. The van der Waals surface area contributed by atoms with Gasteiger partial charge in [-0.2, -0.15) is 4.31 Å². The highest BCUT2D eigenvalue weighted by Gasteiger charge is 2.41. The van der Waals surface area contributed by atoms with Gasteiger partial charge in [0.05, 0.1) is 12.0 Å². The zero-order valence-corrected chi connectivity index (χ0v) is 16.2. The van der Waals surface area contributed by atoms with Gasteiger partial charge >= 0.3 is 5.97 Å². The van der Waals surface area contributed by atoms with Crippen LogP contribution in [0.4, 0.5) is 0 Å². The van der Waals surface area contributed by atoms with Crippen LogP contribution in [0.5, 0.6) is 5.75 Å². The van der Waals surface area contributed by atoms with E-state index in [1.54, 1.807) is 12.1 Å². The molecule has 0 radical (unpaired) electrons. The second kappa shape index (κ2) is 9.01. The minimum Gasteiger partial charge on any atom is -0.497 e. The fraction of sp³-hybridized carbons (Fsp3) is 0.444. The Labute approximate surface area is 159 Å². The quantitative estimate of drug-likeness (QED) is 0.521. The third kappa shape index (κ3) is 4.86. The first-order chi connectivity index (χ1) is 12.8. The lowest BCUT2D eigenvalue weighted by molar-refractivity contribution is -0.157. The normalized spacial score (nSPS) is 18.5. The van der Waals surface area contributed by atoms with E-state index >= 15 is 0 Å². The van der Waals surface area contributed by atoms with Gasteiger partial charge in [0.2, 0.25) is 10.0 Å². The predicted octanol–water partition coefficient (Wildman–Crippen LogP) is 1.08. The summed E-state index contributed by atoms with van der Waals surface area (Å²) in [6.07, 6.45) is 1.36. The number of methoxy groups -OCH3 is 1. The molecule has 1 aromatic carbocycles. The summed E-state index contributed by atoms with van der Waals surface area (Å²) < 4.78 is 37.1. The van der Waals surface area contributed by atoms with E-state index in [4.69, 9.17) is 9.47 Å². The van der Waals surface area contributed by atoms with Crippen molar-refractivity contribution in [2.24, 2.45) is 0 Å². The summed E-state index contributed by atoms with van der Waals surface area (Å²) in [5, 5.41) is 2.53. The van der Waals surface area contributed by atoms with Crippen LogP contribution < -0.4 is 10.1 Å². The van der Waals surface area contributed by atoms with Crippen LogP contribution in [0, 0.1) is 0 Å². The zero-order chi connectivity index (χ0) is 20.0. The summed E-state index contributed by atoms with van der Waals surface area (Å²) in [5.74, 6) is -0.664. The molecule has 2 rings (SSSR count). The smallest absolute Gasteiger partial charge is 0.325 e. The van der Waals surface area contributed by atoms with E-state index in [1.165, 1.54) is 32.2 Å². The standard InChI is InChI=1S/C18H24N2O6S/c1-4-11-19-17(21)13(2)26-18(22)16-6-5-12-20(16)27(23,24)15-9-7-14(25-3)8-10-15/h4,7-10,13,16H,1,5-6,11-12H2,2-3H3,(H,19,21)/t13-,16+/m1/s1. The van der Waals surface area contributed by atoms with Gasteiger partial charge in [-0.25, -0.2) is 8.42 Å². The molecule has 1 heterocycles. The maximum Gasteiger partial charge on any atom is 0.325 e. The molecule has 1 fully saturated rings. The molecule has 1 saturated heterocycles. The van der Waals surface area contributed by atoms with Crippen LogP contribution in [0.2, 0.25) is 0 Å². The molecule has 8 nitrogen and oxygen atoms in total. The number of amides is 1. The molecule has 0 spiro atoms. The molecule has 0 aromatic heterocycles. The van der Waals surface area contributed by atoms with Crippen LogP contribution in [-0.2, 0) is 24.3 Å². The number of sulfonamides is 1. The Morgan fingerprint density at radius 1 is 1.37 bits per heavy atom. The number of carbonyl (C=O) groups is 2. The molecule has 0 unspecified atom stereocenters. The number of hydrogen-bond donors (Lipinski definition) is 1. The molecule has 1 N–H and O–H groups in total. The van der Waals surface area contributed by atoms with Crippen LogP contribution >= 0.6 is 0 Å². The van der Waals surface area contributed by atoms with E-state index in [9.17, 15) is 18.0 Å². The van der Waals surface area contributed by atoms with Crippen molar-refractivity contribution in [2.45, 2.75) is 36.8 Å². The summed E-state index contributed by atoms with van der Waals surface area (Å²) in [6, 6.07) is 5.00. The van der Waals surface area contributed by atoms with Gasteiger partial charge in [-0.1, -0.05) is 6.08 Å². The fourth-order valence-electron chi connectivity index (χ4n) is 2.77. The van der Waals surface area contributed by atoms with Gasteiger partial charge in [0.25, 0.3) is 5.91 Å². The molecule has 0 bridgehead atoms. The highest BCUT2D eigenvalue weighted by atomic mass is 32.2. The molecule has 1 aliphatic heterocycles. The van der Waals surface area contributed by atoms with Gasteiger partial charge < -0.3 is 14.8 Å². The molecule has 2 atom stereocenters. The van der Waals surface area contributed by atoms with E-state index in [0.29, 0.717) is 18.6 Å². The average Bonchev–Trinajstić information content (AvgIpc) is 3.17. The second-order valence-electron chi connectivity index (χ2n) is 6.06. The number of esters is 1. The third-order valence-electron chi connectivity index (χ3n) is 4.22. The number of benzene rings is 1. The van der Waals surface area contributed by atoms with Gasteiger partial charge in [-0.05, 0) is 44.0 Å². The Bertz CT molecular complexity index is 791. The first-order valence-electron chi connectivity index (χ1n) is 8.56. The van der Waals surface area contributed by atoms with E-state index in [1.807, 2.05) is 0 Å². The summed E-state index contributed by atoms with van der Waals surface area (Å²) in [6.45, 7) is 5.39. The number of nitrogens with zero attached hydrogens (tertiary/aromatic N) is 1. The highest BCUT2D eigenvalue weighted by molar-refractivity contribution is 7.89. The highest BCUT2D eigenvalue weighted by Crippen LogP contribution is 2.28. The van der Waals surface area contributed by atoms with E-state index < -0.39 is 34.0 Å². The number of carbonyl (C=O) groups excluding carboxylic acids is 2. The van der Waals surface area contributed by atoms with E-state index in [0.717, 1.165) is 4.31 Å². The SMILES string of the molecule is C=CCNC(=O)[C@@H](C)OC(=O)[C@@H]1CCCN1S(=O)(=O)c1ccc(OC)cc1. The van der Waals surface area contributed by atoms with Crippen LogP contribution in [0.1, 0.15) is 19.8 Å². The van der Waals surface area contributed by atoms with Gasteiger partial charge in [-0.3, -0.25) is 9.59 Å². The lowest BCUT2D eigenvalue weighted by Crippen LogP contribution is -2.44. The van der Waals surface area contributed by atoms with Crippen molar-refractivity contribution in [3.05, 3.63) is 36.9 Å². The first kappa shape index (κ1) is 20.9. The molecule has 9 heteroatoms. The van der Waals surface area contributed by atoms with Crippen molar-refractivity contribution in [1.82, 2.24) is 9.62 Å². The molecule has 1 aliphatic rings. The Kier molecular flexibility index (Phi) is 6.98. The molecule has 1 aromatic rings. The summed E-state index contributed by atoms with van der Waals surface area (Å²) in [7, 11) is -2.38. The molecular formula is C18H24N2O6S. The first-order valence-corrected chi connectivity index (χ1v) is 10.00. The van der Waals surface area contributed by atoms with Crippen LogP contribution in [0.3, 0.4) is 0 Å². The van der Waals surface area contributed by atoms with Gasteiger partial charge in [0, 0.05) is 13.1 Å². The lowest BCUT2D eigenvalue weighted by atomic mass is 10.2. The second-order valence-corrected chi connectivity index (χ2v) is 7.95. The summed E-state index contributed by atoms with van der Waals surface area (Å²) >= 11 is 0. The Morgan fingerprint density at radius 2 is 2.04 bits per heavy atom. The molecule has 0 saturated carbocycles. The van der Waals surface area contributed by atoms with E-state index in [-0.39, 0.29) is 18.0 Å². The Hall–Kier alpha value is -2.39. The Balaban J connectivity index is 2.11. The minimum atomic E-state index is -3.86. The fourth-order valence-corrected chi connectivity index (χ4v) is 4.42. The minimum absolute atomic E-state index is 0.0692. The van der Waals surface area contributed by atoms with Crippen LogP contribution in [-0.4, -0.2) is 56.9 Å². The number of nitrogens with one attached hydrogen (secondary N) is 1. The maximum atomic E-state index is 12.9. The monoisotopic (exact) mass is 396 g/mol. The number of ether oxygens (including phenoxy) is 2. The predicted molar refractivity (Wildman–Crippen MR) is 98.7 cm³/mol. The van der Waals surface area contributed by atoms with Gasteiger partial charge in [0.1, 0.15) is 11.8 Å². The largest absolute Gasteiger partial charge is 0.497 e. The topological polar surface area (TPSA) is 102 Å². The molecule has 1 amide bonds. The Morgan fingerprint density at radius 3 is 2.63 bits per heavy atom. The molecule has 148 valence electrons. The summed E-state index contributed by atoms with van der Waals surface area (Å²) in [5.41, 5.74) is 0. The number of rotatable bonds is 8. The van der Waals surface area contributed by atoms with Crippen molar-refractivity contribution in [3.8, 4) is 5.75 Å². The molecule has 0 aliphatic carbocycles. The van der Waals surface area contributed by atoms with E-state index in [2.05, 4.69) is 11.9 Å². The van der Waals surface area contributed by atoms with Crippen molar-refractivity contribution >= 4 is 21.9 Å². The van der Waals surface area contributed by atoms with Gasteiger partial charge in [0.15, 0.2) is 6.10 Å². The zero-order valence-electron chi connectivity index (χ0n) is 15.4. The van der Waals surface area contributed by atoms with Crippen LogP contribution in [0.15, 0.2) is 41.8 Å². The average molecular weight is 396 g/mol. The lowest BCUT2D eigenvalue weighted by Gasteiger charge is -2.24. The number of hydrogen-bond acceptors (Lipinski definition) is 6. The van der Waals surface area contributed by atoms with Crippen molar-refractivity contribution in [3.63, 3.8) is 0 Å². The van der Waals surface area contributed by atoms with Crippen molar-refractivity contribution < 1.29 is 27.5 Å². The van der Waals surface area contributed by atoms with Crippen molar-refractivity contribution in [1.29, 1.82) is 0 Å². The van der Waals surface area contributed by atoms with Crippen molar-refractivity contribution in [2.75, 3.05) is 20.2 Å². The maximum absolute atomic E-state index is 12.9. The van der Waals surface area contributed by atoms with Crippen LogP contribution in [0.25, 0.3) is 0 Å².